The highest BCUT2D eigenvalue weighted by atomic mass is 16.3. The first-order chi connectivity index (χ1) is 8.45. The van der Waals surface area contributed by atoms with Gasteiger partial charge >= 0.3 is 0 Å². The summed E-state index contributed by atoms with van der Waals surface area (Å²) in [4.78, 5) is 11.3. The maximum atomic E-state index is 11.3. The van der Waals surface area contributed by atoms with Gasteiger partial charge in [0.05, 0.1) is 0 Å². The second kappa shape index (κ2) is 6.40. The molecule has 0 aliphatic carbocycles. The van der Waals surface area contributed by atoms with Crippen molar-refractivity contribution >= 4 is 17.2 Å². The molecule has 0 bridgehead atoms. The van der Waals surface area contributed by atoms with E-state index in [1.807, 2.05) is 6.07 Å². The van der Waals surface area contributed by atoms with Crippen LogP contribution in [0.25, 0.3) is 0 Å². The quantitative estimate of drug-likeness (QED) is 0.535. The molecular weight excluding hydrogens is 228 g/mol. The third-order valence-corrected chi connectivity index (χ3v) is 3.03. The predicted molar refractivity (Wildman–Crippen MR) is 74.8 cm³/mol. The van der Waals surface area contributed by atoms with E-state index in [0.717, 1.165) is 5.69 Å². The first kappa shape index (κ1) is 14.5. The molecular formula is C14H22N2O2. The number of nitrogen functional groups attached to an aromatic ring is 1. The molecule has 0 aliphatic heterocycles. The zero-order valence-electron chi connectivity index (χ0n) is 11.2. The molecule has 0 aromatic heterocycles. The van der Waals surface area contributed by atoms with Crippen molar-refractivity contribution in [1.29, 1.82) is 0 Å². The van der Waals surface area contributed by atoms with Gasteiger partial charge in [-0.1, -0.05) is 13.8 Å². The number of Topliss-reactive ketones (excluding diaryl/α,β-unsaturated/α-hetero) is 1. The minimum absolute atomic E-state index is 0.0326. The maximum Gasteiger partial charge on any atom is 0.161 e. The number of aliphatic hydroxyl groups is 1. The van der Waals surface area contributed by atoms with Gasteiger partial charge in [0.1, 0.15) is 0 Å². The summed E-state index contributed by atoms with van der Waals surface area (Å²) < 4.78 is 0. The molecule has 0 aliphatic rings. The van der Waals surface area contributed by atoms with Crippen molar-refractivity contribution in [1.82, 2.24) is 0 Å². The number of nitrogens with two attached hydrogens (primary N) is 1. The lowest BCUT2D eigenvalue weighted by Crippen LogP contribution is -2.26. The normalized spacial score (nSPS) is 12.5. The summed E-state index contributed by atoms with van der Waals surface area (Å²) >= 11 is 0. The Kier molecular flexibility index (Phi) is 5.16. The molecule has 1 rings (SSSR count). The van der Waals surface area contributed by atoms with Crippen molar-refractivity contribution in [3.63, 3.8) is 0 Å². The Balaban J connectivity index is 2.84. The van der Waals surface area contributed by atoms with Crippen molar-refractivity contribution in [3.8, 4) is 0 Å². The molecule has 1 atom stereocenters. The number of rotatable bonds is 6. The number of ketones is 1. The van der Waals surface area contributed by atoms with E-state index in [1.54, 1.807) is 12.1 Å². The summed E-state index contributed by atoms with van der Waals surface area (Å²) in [5.74, 6) is 0.376. The van der Waals surface area contributed by atoms with Crippen LogP contribution in [0.2, 0.25) is 0 Å². The Hall–Kier alpha value is -1.55. The molecule has 1 unspecified atom stereocenters. The molecule has 0 spiro atoms. The maximum absolute atomic E-state index is 11.3. The highest BCUT2D eigenvalue weighted by Gasteiger charge is 2.13. The van der Waals surface area contributed by atoms with E-state index in [1.165, 1.54) is 6.92 Å². The second-order valence-electron chi connectivity index (χ2n) is 4.87. The minimum atomic E-state index is -0.0326. The van der Waals surface area contributed by atoms with Crippen LogP contribution >= 0.6 is 0 Å². The van der Waals surface area contributed by atoms with Crippen LogP contribution in [0.15, 0.2) is 18.2 Å². The largest absolute Gasteiger partial charge is 0.398 e. The number of anilines is 2. The summed E-state index contributed by atoms with van der Waals surface area (Å²) in [6.07, 6.45) is 0.687. The van der Waals surface area contributed by atoms with Gasteiger partial charge in [0.25, 0.3) is 0 Å². The summed E-state index contributed by atoms with van der Waals surface area (Å²) in [6, 6.07) is 5.54. The standard InChI is InChI=1S/C14H22N2O2/c1-9(2)14(6-7-17)16-11-4-5-12(10(3)18)13(15)8-11/h4-5,8-9,14,16-17H,6-7,15H2,1-3H3. The highest BCUT2D eigenvalue weighted by molar-refractivity contribution is 5.99. The first-order valence-corrected chi connectivity index (χ1v) is 6.23. The zero-order chi connectivity index (χ0) is 13.7. The second-order valence-corrected chi connectivity index (χ2v) is 4.87. The molecule has 1 aromatic rings. The molecule has 0 amide bonds. The van der Waals surface area contributed by atoms with Crippen LogP contribution in [-0.4, -0.2) is 23.5 Å². The molecule has 4 nitrogen and oxygen atoms in total. The Labute approximate surface area is 108 Å². The van der Waals surface area contributed by atoms with Gasteiger partial charge in [0, 0.05) is 29.6 Å². The molecule has 100 valence electrons. The summed E-state index contributed by atoms with van der Waals surface area (Å²) in [5, 5.41) is 12.4. The van der Waals surface area contributed by atoms with Crippen molar-refractivity contribution in [2.45, 2.75) is 33.2 Å². The molecule has 4 heteroatoms. The van der Waals surface area contributed by atoms with Crippen molar-refractivity contribution < 1.29 is 9.90 Å². The topological polar surface area (TPSA) is 75.3 Å². The van der Waals surface area contributed by atoms with Gasteiger partial charge in [-0.25, -0.2) is 0 Å². The van der Waals surface area contributed by atoms with Crippen molar-refractivity contribution in [2.24, 2.45) is 5.92 Å². The lowest BCUT2D eigenvalue weighted by molar-refractivity contribution is 0.101. The number of carbonyl (C=O) groups excluding carboxylic acids is 1. The molecule has 0 saturated heterocycles. The first-order valence-electron chi connectivity index (χ1n) is 6.23. The summed E-state index contributed by atoms with van der Waals surface area (Å²) in [7, 11) is 0. The number of aliphatic hydroxyl groups excluding tert-OH is 1. The number of nitrogens with one attached hydrogen (secondary N) is 1. The Bertz CT molecular complexity index is 416. The third kappa shape index (κ3) is 3.74. The molecule has 1 aromatic carbocycles. The summed E-state index contributed by atoms with van der Waals surface area (Å²) in [6.45, 7) is 5.85. The van der Waals surface area contributed by atoms with Crippen LogP contribution < -0.4 is 11.1 Å². The molecule has 4 N–H and O–H groups in total. The van der Waals surface area contributed by atoms with Gasteiger partial charge in [-0.3, -0.25) is 4.79 Å². The van der Waals surface area contributed by atoms with E-state index < -0.39 is 0 Å². The van der Waals surface area contributed by atoms with Crippen LogP contribution in [0.4, 0.5) is 11.4 Å². The van der Waals surface area contributed by atoms with E-state index in [2.05, 4.69) is 19.2 Å². The third-order valence-electron chi connectivity index (χ3n) is 3.03. The van der Waals surface area contributed by atoms with Crippen molar-refractivity contribution in [2.75, 3.05) is 17.7 Å². The average molecular weight is 250 g/mol. The number of hydrogen-bond acceptors (Lipinski definition) is 4. The van der Waals surface area contributed by atoms with Gasteiger partial charge in [-0.15, -0.1) is 0 Å². The SMILES string of the molecule is CC(=O)c1ccc(NC(CCO)C(C)C)cc1N. The average Bonchev–Trinajstić information content (AvgIpc) is 2.27. The predicted octanol–water partition coefficient (Wildman–Crippen LogP) is 2.29. The van der Waals surface area contributed by atoms with E-state index in [4.69, 9.17) is 10.8 Å². The Morgan fingerprint density at radius 1 is 1.44 bits per heavy atom. The zero-order valence-corrected chi connectivity index (χ0v) is 11.2. The van der Waals surface area contributed by atoms with E-state index >= 15 is 0 Å². The lowest BCUT2D eigenvalue weighted by Gasteiger charge is -2.23. The molecule has 0 fully saturated rings. The number of carbonyl (C=O) groups is 1. The lowest BCUT2D eigenvalue weighted by atomic mass is 10.0. The molecule has 18 heavy (non-hydrogen) atoms. The van der Waals surface area contributed by atoms with Gasteiger partial charge in [0.2, 0.25) is 0 Å². The Morgan fingerprint density at radius 2 is 2.11 bits per heavy atom. The van der Waals surface area contributed by atoms with E-state index in [0.29, 0.717) is 23.6 Å². The van der Waals surface area contributed by atoms with Gasteiger partial charge < -0.3 is 16.2 Å². The Morgan fingerprint density at radius 3 is 2.56 bits per heavy atom. The smallest absolute Gasteiger partial charge is 0.161 e. The fourth-order valence-corrected chi connectivity index (χ4v) is 1.90. The highest BCUT2D eigenvalue weighted by Crippen LogP contribution is 2.21. The minimum Gasteiger partial charge on any atom is -0.398 e. The number of hydrogen-bond donors (Lipinski definition) is 3. The van der Waals surface area contributed by atoms with Crippen LogP contribution in [0.5, 0.6) is 0 Å². The fourth-order valence-electron chi connectivity index (χ4n) is 1.90. The molecule has 0 saturated carbocycles. The molecule has 0 heterocycles. The van der Waals surface area contributed by atoms with Gasteiger partial charge in [0.15, 0.2) is 5.78 Å². The summed E-state index contributed by atoms with van der Waals surface area (Å²) in [5.41, 5.74) is 7.75. The van der Waals surface area contributed by atoms with Gasteiger partial charge in [-0.2, -0.15) is 0 Å². The van der Waals surface area contributed by atoms with Crippen LogP contribution in [-0.2, 0) is 0 Å². The number of benzene rings is 1. The molecule has 0 radical (unpaired) electrons. The fraction of sp³-hybridized carbons (Fsp3) is 0.500. The van der Waals surface area contributed by atoms with Crippen LogP contribution in [0.1, 0.15) is 37.6 Å². The van der Waals surface area contributed by atoms with Crippen molar-refractivity contribution in [3.05, 3.63) is 23.8 Å². The monoisotopic (exact) mass is 250 g/mol. The van der Waals surface area contributed by atoms with Gasteiger partial charge in [-0.05, 0) is 37.5 Å². The van der Waals surface area contributed by atoms with Crippen LogP contribution in [0, 0.1) is 5.92 Å². The van der Waals surface area contributed by atoms with E-state index in [9.17, 15) is 4.79 Å². The van der Waals surface area contributed by atoms with Crippen LogP contribution in [0.3, 0.4) is 0 Å². The van der Waals surface area contributed by atoms with E-state index in [-0.39, 0.29) is 18.4 Å².